The van der Waals surface area contributed by atoms with E-state index in [-0.39, 0.29) is 6.10 Å². The van der Waals surface area contributed by atoms with Gasteiger partial charge in [0.15, 0.2) is 11.5 Å². The minimum atomic E-state index is 0.156. The Morgan fingerprint density at radius 3 is 2.42 bits per heavy atom. The molecule has 1 aromatic carbocycles. The van der Waals surface area contributed by atoms with E-state index in [2.05, 4.69) is 31.3 Å². The molecule has 0 spiro atoms. The van der Waals surface area contributed by atoms with Crippen LogP contribution in [-0.4, -0.2) is 18.8 Å². The number of rotatable bonds is 8. The van der Waals surface area contributed by atoms with E-state index >= 15 is 0 Å². The van der Waals surface area contributed by atoms with Crippen molar-refractivity contribution >= 4 is 0 Å². The van der Waals surface area contributed by atoms with Gasteiger partial charge in [0, 0.05) is 12.6 Å². The van der Waals surface area contributed by atoms with E-state index in [1.54, 1.807) is 0 Å². The summed E-state index contributed by atoms with van der Waals surface area (Å²) in [7, 11) is 0. The molecule has 0 fully saturated rings. The fourth-order valence-corrected chi connectivity index (χ4v) is 1.72. The molecule has 0 amide bonds. The van der Waals surface area contributed by atoms with Crippen LogP contribution >= 0.6 is 0 Å². The standard InChI is InChI=1S/C16H27NO2/c1-6-13(5)17-11-14-8-9-15(19-12(3)4)16(10-14)18-7-2/h8-10,12-13,17H,6-7,11H2,1-5H3/t13-/m0/s1. The van der Waals surface area contributed by atoms with Gasteiger partial charge in [-0.1, -0.05) is 13.0 Å². The van der Waals surface area contributed by atoms with Crippen LogP contribution in [0.25, 0.3) is 0 Å². The lowest BCUT2D eigenvalue weighted by molar-refractivity contribution is 0.223. The zero-order valence-corrected chi connectivity index (χ0v) is 12.8. The molecule has 3 nitrogen and oxygen atoms in total. The fraction of sp³-hybridized carbons (Fsp3) is 0.625. The lowest BCUT2D eigenvalue weighted by Crippen LogP contribution is -2.24. The van der Waals surface area contributed by atoms with E-state index in [0.29, 0.717) is 12.6 Å². The monoisotopic (exact) mass is 265 g/mol. The molecular weight excluding hydrogens is 238 g/mol. The van der Waals surface area contributed by atoms with Crippen molar-refractivity contribution < 1.29 is 9.47 Å². The lowest BCUT2D eigenvalue weighted by atomic mass is 10.1. The first-order valence-corrected chi connectivity index (χ1v) is 7.22. The largest absolute Gasteiger partial charge is 0.490 e. The first-order valence-electron chi connectivity index (χ1n) is 7.22. The van der Waals surface area contributed by atoms with Crippen LogP contribution in [0.2, 0.25) is 0 Å². The zero-order valence-electron chi connectivity index (χ0n) is 12.8. The molecule has 1 N–H and O–H groups in total. The van der Waals surface area contributed by atoms with Gasteiger partial charge in [-0.2, -0.15) is 0 Å². The van der Waals surface area contributed by atoms with Gasteiger partial charge >= 0.3 is 0 Å². The fourth-order valence-electron chi connectivity index (χ4n) is 1.72. The molecule has 19 heavy (non-hydrogen) atoms. The van der Waals surface area contributed by atoms with Gasteiger partial charge in [0.05, 0.1) is 12.7 Å². The third-order valence-electron chi connectivity index (χ3n) is 2.94. The molecule has 0 bridgehead atoms. The van der Waals surface area contributed by atoms with Crippen LogP contribution in [0.3, 0.4) is 0 Å². The minimum absolute atomic E-state index is 0.156. The predicted octanol–water partition coefficient (Wildman–Crippen LogP) is 3.76. The molecule has 0 aliphatic heterocycles. The van der Waals surface area contributed by atoms with Gasteiger partial charge in [-0.3, -0.25) is 0 Å². The third kappa shape index (κ3) is 5.52. The smallest absolute Gasteiger partial charge is 0.161 e. The summed E-state index contributed by atoms with van der Waals surface area (Å²) in [6.45, 7) is 11.9. The van der Waals surface area contributed by atoms with Crippen molar-refractivity contribution in [3.63, 3.8) is 0 Å². The highest BCUT2D eigenvalue weighted by atomic mass is 16.5. The quantitative estimate of drug-likeness (QED) is 0.776. The van der Waals surface area contributed by atoms with E-state index in [0.717, 1.165) is 24.5 Å². The molecule has 0 heterocycles. The van der Waals surface area contributed by atoms with Gasteiger partial charge in [-0.15, -0.1) is 0 Å². The number of hydrogen-bond donors (Lipinski definition) is 1. The van der Waals surface area contributed by atoms with E-state index in [1.807, 2.05) is 26.8 Å². The van der Waals surface area contributed by atoms with Gasteiger partial charge < -0.3 is 14.8 Å². The van der Waals surface area contributed by atoms with Crippen molar-refractivity contribution in [1.82, 2.24) is 5.32 Å². The molecule has 0 aromatic heterocycles. The Hall–Kier alpha value is -1.22. The maximum atomic E-state index is 5.75. The maximum absolute atomic E-state index is 5.75. The second kappa shape index (κ2) is 8.05. The van der Waals surface area contributed by atoms with Crippen molar-refractivity contribution in [1.29, 1.82) is 0 Å². The van der Waals surface area contributed by atoms with E-state index in [1.165, 1.54) is 5.56 Å². The number of nitrogens with one attached hydrogen (secondary N) is 1. The van der Waals surface area contributed by atoms with Gasteiger partial charge in [0.25, 0.3) is 0 Å². The molecule has 0 saturated carbocycles. The summed E-state index contributed by atoms with van der Waals surface area (Å²) in [5.74, 6) is 1.66. The number of hydrogen-bond acceptors (Lipinski definition) is 3. The molecule has 0 aliphatic carbocycles. The highest BCUT2D eigenvalue weighted by molar-refractivity contribution is 5.43. The molecule has 0 unspecified atom stereocenters. The van der Waals surface area contributed by atoms with E-state index < -0.39 is 0 Å². The summed E-state index contributed by atoms with van der Waals surface area (Å²) >= 11 is 0. The van der Waals surface area contributed by atoms with Crippen LogP contribution in [0.15, 0.2) is 18.2 Å². The molecule has 3 heteroatoms. The second-order valence-electron chi connectivity index (χ2n) is 5.07. The first kappa shape index (κ1) is 15.8. The molecule has 1 aromatic rings. The van der Waals surface area contributed by atoms with E-state index in [9.17, 15) is 0 Å². The highest BCUT2D eigenvalue weighted by Crippen LogP contribution is 2.29. The maximum Gasteiger partial charge on any atom is 0.161 e. The molecule has 1 atom stereocenters. The lowest BCUT2D eigenvalue weighted by Gasteiger charge is -2.16. The van der Waals surface area contributed by atoms with Gasteiger partial charge in [0.2, 0.25) is 0 Å². The Labute approximate surface area is 117 Å². The van der Waals surface area contributed by atoms with Crippen LogP contribution in [0.5, 0.6) is 11.5 Å². The Morgan fingerprint density at radius 2 is 1.84 bits per heavy atom. The number of benzene rings is 1. The van der Waals surface area contributed by atoms with Crippen molar-refractivity contribution in [3.8, 4) is 11.5 Å². The van der Waals surface area contributed by atoms with Crippen molar-refractivity contribution in [2.75, 3.05) is 6.61 Å². The average Bonchev–Trinajstić information content (AvgIpc) is 2.38. The van der Waals surface area contributed by atoms with E-state index in [4.69, 9.17) is 9.47 Å². The summed E-state index contributed by atoms with van der Waals surface area (Å²) in [4.78, 5) is 0. The normalized spacial score (nSPS) is 12.5. The van der Waals surface area contributed by atoms with Gasteiger partial charge in [-0.05, 0) is 51.8 Å². The number of ether oxygens (including phenoxy) is 2. The predicted molar refractivity (Wildman–Crippen MR) is 80.0 cm³/mol. The van der Waals surface area contributed by atoms with Crippen LogP contribution in [0.1, 0.15) is 46.6 Å². The molecular formula is C16H27NO2. The van der Waals surface area contributed by atoms with Crippen molar-refractivity contribution in [3.05, 3.63) is 23.8 Å². The summed E-state index contributed by atoms with van der Waals surface area (Å²) in [6, 6.07) is 6.69. The Balaban J connectivity index is 2.77. The van der Waals surface area contributed by atoms with Gasteiger partial charge in [-0.25, -0.2) is 0 Å². The molecule has 0 radical (unpaired) electrons. The second-order valence-corrected chi connectivity index (χ2v) is 5.07. The summed E-state index contributed by atoms with van der Waals surface area (Å²) in [6.07, 6.45) is 1.29. The summed E-state index contributed by atoms with van der Waals surface area (Å²) < 4.78 is 11.4. The SMILES string of the molecule is CCOc1cc(CN[C@@H](C)CC)ccc1OC(C)C. The molecule has 1 rings (SSSR count). The Kier molecular flexibility index (Phi) is 6.71. The zero-order chi connectivity index (χ0) is 14.3. The van der Waals surface area contributed by atoms with Crippen molar-refractivity contribution in [2.24, 2.45) is 0 Å². The summed E-state index contributed by atoms with van der Waals surface area (Å²) in [5.41, 5.74) is 1.22. The van der Waals surface area contributed by atoms with Crippen molar-refractivity contribution in [2.45, 2.75) is 59.7 Å². The van der Waals surface area contributed by atoms with Crippen LogP contribution in [0, 0.1) is 0 Å². The molecule has 0 saturated heterocycles. The first-order chi connectivity index (χ1) is 9.06. The Morgan fingerprint density at radius 1 is 1.11 bits per heavy atom. The third-order valence-corrected chi connectivity index (χ3v) is 2.94. The van der Waals surface area contributed by atoms with Crippen LogP contribution in [-0.2, 0) is 6.54 Å². The van der Waals surface area contributed by atoms with Gasteiger partial charge in [0.1, 0.15) is 0 Å². The molecule has 0 aliphatic rings. The van der Waals surface area contributed by atoms with Crippen LogP contribution < -0.4 is 14.8 Å². The minimum Gasteiger partial charge on any atom is -0.490 e. The highest BCUT2D eigenvalue weighted by Gasteiger charge is 2.08. The average molecular weight is 265 g/mol. The van der Waals surface area contributed by atoms with Crippen LogP contribution in [0.4, 0.5) is 0 Å². The molecule has 108 valence electrons. The Bertz CT molecular complexity index is 377. The summed E-state index contributed by atoms with van der Waals surface area (Å²) in [5, 5.41) is 3.48. The topological polar surface area (TPSA) is 30.5 Å².